The second-order valence-electron chi connectivity index (χ2n) is 6.08. The van der Waals surface area contributed by atoms with Gasteiger partial charge in [-0.3, -0.25) is 4.79 Å². The number of anilines is 1. The number of nitrogens with one attached hydrogen (secondary N) is 1. The highest BCUT2D eigenvalue weighted by molar-refractivity contribution is 5.95. The zero-order chi connectivity index (χ0) is 16.7. The molecule has 0 fully saturated rings. The molecule has 122 valence electrons. The first-order valence-corrected chi connectivity index (χ1v) is 7.87. The van der Waals surface area contributed by atoms with Crippen LogP contribution in [0.25, 0.3) is 11.0 Å². The minimum Gasteiger partial charge on any atom is -0.464 e. The summed E-state index contributed by atoms with van der Waals surface area (Å²) in [5.41, 5.74) is 3.94. The van der Waals surface area contributed by atoms with Crippen LogP contribution in [-0.4, -0.2) is 5.91 Å². The van der Waals surface area contributed by atoms with Crippen LogP contribution < -0.4 is 5.32 Å². The third-order valence-corrected chi connectivity index (χ3v) is 4.42. The van der Waals surface area contributed by atoms with Crippen molar-refractivity contribution in [2.75, 3.05) is 5.32 Å². The summed E-state index contributed by atoms with van der Waals surface area (Å²) in [6.45, 7) is 0. The van der Waals surface area contributed by atoms with E-state index in [-0.39, 0.29) is 12.1 Å². The molecule has 3 nitrogen and oxygen atoms in total. The van der Waals surface area contributed by atoms with Gasteiger partial charge in [-0.15, -0.1) is 0 Å². The highest BCUT2D eigenvalue weighted by Crippen LogP contribution is 2.30. The molecule has 0 atom stereocenters. The van der Waals surface area contributed by atoms with Gasteiger partial charge in [-0.2, -0.15) is 0 Å². The number of aryl methyl sites for hydroxylation is 2. The van der Waals surface area contributed by atoms with Gasteiger partial charge in [0, 0.05) is 17.0 Å². The van der Waals surface area contributed by atoms with Crippen LogP contribution in [-0.2, 0) is 24.1 Å². The molecule has 0 spiro atoms. The Morgan fingerprint density at radius 2 is 1.92 bits per heavy atom. The Balaban J connectivity index is 1.58. The smallest absolute Gasteiger partial charge is 0.229 e. The number of hydrogen-bond acceptors (Lipinski definition) is 2. The zero-order valence-electron chi connectivity index (χ0n) is 12.9. The predicted molar refractivity (Wildman–Crippen MR) is 86.9 cm³/mol. The number of carbonyl (C=O) groups excluding carboxylic acids is 1. The first kappa shape index (κ1) is 14.9. The Hall–Kier alpha value is -2.69. The molecular formula is C19H15F2NO2. The van der Waals surface area contributed by atoms with Crippen molar-refractivity contribution in [2.45, 2.75) is 25.7 Å². The molecule has 1 N–H and O–H groups in total. The van der Waals surface area contributed by atoms with Gasteiger partial charge in [0.05, 0.1) is 18.4 Å². The van der Waals surface area contributed by atoms with E-state index in [4.69, 9.17) is 4.42 Å². The molecule has 1 amide bonds. The van der Waals surface area contributed by atoms with Gasteiger partial charge in [0.25, 0.3) is 0 Å². The fourth-order valence-corrected chi connectivity index (χ4v) is 3.25. The van der Waals surface area contributed by atoms with E-state index in [9.17, 15) is 13.6 Å². The van der Waals surface area contributed by atoms with Crippen LogP contribution in [0.4, 0.5) is 14.5 Å². The molecule has 4 rings (SSSR count). The van der Waals surface area contributed by atoms with Gasteiger partial charge in [0.15, 0.2) is 0 Å². The molecule has 1 aromatic heterocycles. The molecule has 0 unspecified atom stereocenters. The molecular weight excluding hydrogens is 312 g/mol. The summed E-state index contributed by atoms with van der Waals surface area (Å²) in [5, 5.41) is 3.32. The highest BCUT2D eigenvalue weighted by atomic mass is 19.1. The quantitative estimate of drug-likeness (QED) is 0.775. The number of hydrogen-bond donors (Lipinski definition) is 1. The average molecular weight is 327 g/mol. The van der Waals surface area contributed by atoms with Crippen LogP contribution in [0.5, 0.6) is 0 Å². The van der Waals surface area contributed by atoms with Crippen molar-refractivity contribution >= 4 is 22.6 Å². The Kier molecular flexibility index (Phi) is 3.56. The van der Waals surface area contributed by atoms with E-state index < -0.39 is 17.5 Å². The summed E-state index contributed by atoms with van der Waals surface area (Å²) >= 11 is 0. The van der Waals surface area contributed by atoms with E-state index in [1.54, 1.807) is 6.26 Å². The normalized spacial score (nSPS) is 13.2. The molecule has 1 aliphatic carbocycles. The molecule has 0 saturated heterocycles. The van der Waals surface area contributed by atoms with Crippen molar-refractivity contribution in [3.63, 3.8) is 0 Å². The van der Waals surface area contributed by atoms with Gasteiger partial charge < -0.3 is 9.73 Å². The van der Waals surface area contributed by atoms with E-state index in [1.807, 2.05) is 6.07 Å². The fraction of sp³-hybridized carbons (Fsp3) is 0.211. The lowest BCUT2D eigenvalue weighted by Gasteiger charge is -2.06. The molecule has 1 aliphatic rings. The molecule has 24 heavy (non-hydrogen) atoms. The third-order valence-electron chi connectivity index (χ3n) is 4.42. The van der Waals surface area contributed by atoms with Crippen molar-refractivity contribution in [3.05, 3.63) is 64.9 Å². The van der Waals surface area contributed by atoms with Crippen LogP contribution in [0, 0.1) is 11.6 Å². The maximum Gasteiger partial charge on any atom is 0.229 e. The van der Waals surface area contributed by atoms with E-state index in [1.165, 1.54) is 11.1 Å². The summed E-state index contributed by atoms with van der Waals surface area (Å²) in [6.07, 6.45) is 4.83. The molecule has 0 aliphatic heterocycles. The SMILES string of the molecule is O=C(Cc1coc2cc3c(cc12)CCC3)Nc1cc(F)ccc1F. The minimum absolute atomic E-state index is 0.0434. The number of carbonyl (C=O) groups is 1. The number of furan rings is 1. The second-order valence-corrected chi connectivity index (χ2v) is 6.08. The molecule has 3 aromatic rings. The van der Waals surface area contributed by atoms with Crippen molar-refractivity contribution in [2.24, 2.45) is 0 Å². The predicted octanol–water partition coefficient (Wildman–Crippen LogP) is 4.38. The second kappa shape index (κ2) is 5.74. The van der Waals surface area contributed by atoms with Crippen LogP contribution in [0.1, 0.15) is 23.1 Å². The third kappa shape index (κ3) is 2.66. The van der Waals surface area contributed by atoms with E-state index >= 15 is 0 Å². The molecule has 0 radical (unpaired) electrons. The standard InChI is InChI=1S/C19H15F2NO2/c20-14-4-5-16(21)17(9-14)22-19(23)8-13-10-24-18-7-12-3-1-2-11(12)6-15(13)18/h4-7,9-10H,1-3,8H2,(H,22,23). The van der Waals surface area contributed by atoms with Gasteiger partial charge in [-0.05, 0) is 54.7 Å². The monoisotopic (exact) mass is 327 g/mol. The van der Waals surface area contributed by atoms with E-state index in [0.717, 1.165) is 54.0 Å². The summed E-state index contributed by atoms with van der Waals surface area (Å²) in [7, 11) is 0. The zero-order valence-corrected chi connectivity index (χ0v) is 12.9. The fourth-order valence-electron chi connectivity index (χ4n) is 3.25. The lowest BCUT2D eigenvalue weighted by molar-refractivity contribution is -0.115. The van der Waals surface area contributed by atoms with E-state index in [0.29, 0.717) is 0 Å². The average Bonchev–Trinajstić information content (AvgIpc) is 3.15. The van der Waals surface area contributed by atoms with Gasteiger partial charge in [-0.25, -0.2) is 8.78 Å². The highest BCUT2D eigenvalue weighted by Gasteiger charge is 2.17. The number of rotatable bonds is 3. The van der Waals surface area contributed by atoms with Gasteiger partial charge in [0.2, 0.25) is 5.91 Å². The number of benzene rings is 2. The molecule has 0 saturated carbocycles. The number of amides is 1. The Morgan fingerprint density at radius 1 is 1.12 bits per heavy atom. The van der Waals surface area contributed by atoms with Crippen LogP contribution in [0.2, 0.25) is 0 Å². The molecule has 5 heteroatoms. The number of halogens is 2. The minimum atomic E-state index is -0.667. The Bertz CT molecular complexity index is 946. The maximum absolute atomic E-state index is 13.6. The number of fused-ring (bicyclic) bond motifs is 2. The van der Waals surface area contributed by atoms with Gasteiger partial charge in [-0.1, -0.05) is 0 Å². The van der Waals surface area contributed by atoms with Gasteiger partial charge in [0.1, 0.15) is 17.2 Å². The topological polar surface area (TPSA) is 42.2 Å². The largest absolute Gasteiger partial charge is 0.464 e. The van der Waals surface area contributed by atoms with Gasteiger partial charge >= 0.3 is 0 Å². The van der Waals surface area contributed by atoms with E-state index in [2.05, 4.69) is 11.4 Å². The lowest BCUT2D eigenvalue weighted by Crippen LogP contribution is -2.15. The van der Waals surface area contributed by atoms with Crippen LogP contribution in [0.15, 0.2) is 41.0 Å². The van der Waals surface area contributed by atoms with Crippen LogP contribution in [0.3, 0.4) is 0 Å². The molecule has 2 aromatic carbocycles. The van der Waals surface area contributed by atoms with Crippen LogP contribution >= 0.6 is 0 Å². The maximum atomic E-state index is 13.6. The van der Waals surface area contributed by atoms with Crippen molar-refractivity contribution in [1.29, 1.82) is 0 Å². The first-order chi connectivity index (χ1) is 11.6. The Morgan fingerprint density at radius 3 is 2.75 bits per heavy atom. The summed E-state index contributed by atoms with van der Waals surface area (Å²) in [4.78, 5) is 12.2. The van der Waals surface area contributed by atoms with Crippen molar-refractivity contribution in [3.8, 4) is 0 Å². The first-order valence-electron chi connectivity index (χ1n) is 7.87. The Labute approximate surface area is 137 Å². The summed E-state index contributed by atoms with van der Waals surface area (Å²) in [5.74, 6) is -1.68. The lowest BCUT2D eigenvalue weighted by atomic mass is 10.0. The summed E-state index contributed by atoms with van der Waals surface area (Å²) in [6, 6.07) is 7.07. The summed E-state index contributed by atoms with van der Waals surface area (Å²) < 4.78 is 32.3. The van der Waals surface area contributed by atoms with Crippen molar-refractivity contribution in [1.82, 2.24) is 0 Å². The molecule has 0 bridgehead atoms. The van der Waals surface area contributed by atoms with Crippen molar-refractivity contribution < 1.29 is 18.0 Å². The molecule has 1 heterocycles.